The summed E-state index contributed by atoms with van der Waals surface area (Å²) in [6, 6.07) is 5.39. The molecule has 5 N–H and O–H groups in total. The van der Waals surface area contributed by atoms with Crippen LogP contribution >= 0.6 is 0 Å². The Morgan fingerprint density at radius 2 is 2.16 bits per heavy atom. The van der Waals surface area contributed by atoms with E-state index in [-0.39, 0.29) is 29.4 Å². The Labute approximate surface area is 180 Å². The fraction of sp³-hybridized carbons (Fsp3) is 0.333. The maximum Gasteiger partial charge on any atom is 0.319 e. The van der Waals surface area contributed by atoms with Gasteiger partial charge in [-0.2, -0.15) is 4.98 Å². The molecule has 1 fully saturated rings. The molecule has 0 radical (unpaired) electrons. The molecule has 1 aromatic heterocycles. The molecule has 10 heteroatoms. The number of aliphatic imine (C=N–C) groups is 1. The number of rotatable bonds is 8. The van der Waals surface area contributed by atoms with Crippen LogP contribution in [0.4, 0.5) is 5.69 Å². The van der Waals surface area contributed by atoms with E-state index in [0.717, 1.165) is 12.8 Å². The molecular weight excluding hydrogens is 400 g/mol. The summed E-state index contributed by atoms with van der Waals surface area (Å²) >= 11 is 0. The van der Waals surface area contributed by atoms with Gasteiger partial charge in [-0.3, -0.25) is 9.79 Å². The zero-order valence-corrected chi connectivity index (χ0v) is 17.6. The average molecular weight is 426 g/mol. The zero-order valence-electron chi connectivity index (χ0n) is 17.6. The van der Waals surface area contributed by atoms with E-state index >= 15 is 0 Å². The average Bonchev–Trinajstić information content (AvgIpc) is 3.31. The molecule has 2 aromatic rings. The smallest absolute Gasteiger partial charge is 0.319 e. The van der Waals surface area contributed by atoms with Gasteiger partial charge in [-0.25, -0.2) is 4.98 Å². The Morgan fingerprint density at radius 1 is 1.35 bits per heavy atom. The second-order valence-corrected chi connectivity index (χ2v) is 6.81. The van der Waals surface area contributed by atoms with Gasteiger partial charge in [0.15, 0.2) is 5.70 Å². The number of ether oxygens (including phenoxy) is 3. The molecule has 1 aliphatic rings. The molecule has 0 spiro atoms. The molecule has 0 saturated carbocycles. The van der Waals surface area contributed by atoms with Crippen molar-refractivity contribution >= 4 is 24.0 Å². The lowest BCUT2D eigenvalue weighted by atomic mass is 9.99. The molecule has 1 aromatic carbocycles. The van der Waals surface area contributed by atoms with Gasteiger partial charge in [0.1, 0.15) is 0 Å². The number of anilines is 1. The number of nitrogens with one attached hydrogen (secondary N) is 1. The third-order valence-electron chi connectivity index (χ3n) is 4.94. The monoisotopic (exact) mass is 426 g/mol. The number of nitrogens with zero attached hydrogens (tertiary/aromatic N) is 3. The summed E-state index contributed by atoms with van der Waals surface area (Å²) in [4.78, 5) is 24.8. The lowest BCUT2D eigenvalue weighted by molar-refractivity contribution is -0.117. The van der Waals surface area contributed by atoms with Crippen molar-refractivity contribution in [1.29, 1.82) is 0 Å². The molecule has 31 heavy (non-hydrogen) atoms. The molecular formula is C21H26N6O4. The van der Waals surface area contributed by atoms with Crippen LogP contribution in [-0.4, -0.2) is 56.1 Å². The van der Waals surface area contributed by atoms with Crippen LogP contribution in [0.3, 0.4) is 0 Å². The maximum atomic E-state index is 12.6. The number of amides is 1. The first-order valence-electron chi connectivity index (χ1n) is 9.70. The van der Waals surface area contributed by atoms with Crippen LogP contribution in [0.1, 0.15) is 18.4 Å². The number of carbonyl (C=O) groups excluding carboxylic acids is 1. The number of aromatic nitrogens is 2. The highest BCUT2D eigenvalue weighted by Crippen LogP contribution is 2.36. The Kier molecular flexibility index (Phi) is 7.03. The highest BCUT2D eigenvalue weighted by molar-refractivity contribution is 6.02. The number of nitrogen functional groups attached to an aromatic ring is 1. The lowest BCUT2D eigenvalue weighted by Gasteiger charge is -2.16. The largest absolute Gasteiger partial charge is 0.480 e. The van der Waals surface area contributed by atoms with Gasteiger partial charge in [-0.1, -0.05) is 18.2 Å². The van der Waals surface area contributed by atoms with Crippen LogP contribution in [0.15, 0.2) is 35.1 Å². The van der Waals surface area contributed by atoms with Gasteiger partial charge in [-0.05, 0) is 19.6 Å². The van der Waals surface area contributed by atoms with Crippen LogP contribution in [0, 0.1) is 0 Å². The number of hydrogen-bond donors (Lipinski definition) is 3. The first kappa shape index (κ1) is 22.0. The normalized spacial score (nSPS) is 16.4. The quantitative estimate of drug-likeness (QED) is 0.326. The van der Waals surface area contributed by atoms with Crippen molar-refractivity contribution < 1.29 is 19.0 Å². The maximum absolute atomic E-state index is 12.6. The highest BCUT2D eigenvalue weighted by Gasteiger charge is 2.21. The predicted molar refractivity (Wildman–Crippen MR) is 118 cm³/mol. The van der Waals surface area contributed by atoms with E-state index in [1.807, 2.05) is 0 Å². The minimum Gasteiger partial charge on any atom is -0.480 e. The van der Waals surface area contributed by atoms with Crippen molar-refractivity contribution in [1.82, 2.24) is 15.3 Å². The lowest BCUT2D eigenvalue weighted by Crippen LogP contribution is -2.33. The minimum absolute atomic E-state index is 0.00725. The molecule has 10 nitrogen and oxygen atoms in total. The number of para-hydroxylation sites is 1. The molecule has 1 aliphatic heterocycles. The third kappa shape index (κ3) is 4.75. The van der Waals surface area contributed by atoms with Crippen LogP contribution in [0.2, 0.25) is 0 Å². The predicted octanol–water partition coefficient (Wildman–Crippen LogP) is 1.37. The van der Waals surface area contributed by atoms with Crippen molar-refractivity contribution in [3.8, 4) is 23.0 Å². The van der Waals surface area contributed by atoms with E-state index in [9.17, 15) is 4.79 Å². The molecule has 1 saturated heterocycles. The Hall–Kier alpha value is -3.66. The van der Waals surface area contributed by atoms with Crippen LogP contribution in [0.25, 0.3) is 16.8 Å². The van der Waals surface area contributed by atoms with Crippen molar-refractivity contribution in [3.05, 3.63) is 35.7 Å². The second-order valence-electron chi connectivity index (χ2n) is 6.81. The van der Waals surface area contributed by atoms with Gasteiger partial charge in [0.2, 0.25) is 5.88 Å². The number of nitrogens with two attached hydrogens (primary N) is 2. The molecule has 1 unspecified atom stereocenters. The van der Waals surface area contributed by atoms with Crippen molar-refractivity contribution in [2.24, 2.45) is 10.7 Å². The second kappa shape index (κ2) is 9.90. The van der Waals surface area contributed by atoms with Gasteiger partial charge < -0.3 is 31.0 Å². The van der Waals surface area contributed by atoms with E-state index in [0.29, 0.717) is 35.5 Å². The summed E-state index contributed by atoms with van der Waals surface area (Å²) in [5, 5.41) is 2.79. The number of hydrogen-bond acceptors (Lipinski definition) is 9. The number of methoxy groups -OCH3 is 2. The molecule has 1 atom stereocenters. The van der Waals surface area contributed by atoms with Crippen molar-refractivity contribution in [2.45, 2.75) is 18.9 Å². The van der Waals surface area contributed by atoms with Crippen LogP contribution in [0.5, 0.6) is 11.9 Å². The number of benzene rings is 1. The zero-order chi connectivity index (χ0) is 22.4. The summed E-state index contributed by atoms with van der Waals surface area (Å²) in [6.45, 7) is 4.57. The fourth-order valence-electron chi connectivity index (χ4n) is 3.33. The van der Waals surface area contributed by atoms with Crippen molar-refractivity contribution in [3.63, 3.8) is 0 Å². The van der Waals surface area contributed by atoms with E-state index < -0.39 is 5.91 Å². The van der Waals surface area contributed by atoms with Gasteiger partial charge >= 0.3 is 6.01 Å². The summed E-state index contributed by atoms with van der Waals surface area (Å²) in [6.07, 6.45) is 3.41. The highest BCUT2D eigenvalue weighted by atomic mass is 16.5. The third-order valence-corrected chi connectivity index (χ3v) is 4.94. The van der Waals surface area contributed by atoms with Gasteiger partial charge in [0.05, 0.1) is 31.6 Å². The molecule has 3 rings (SSSR count). The van der Waals surface area contributed by atoms with E-state index in [2.05, 4.69) is 27.0 Å². The van der Waals surface area contributed by atoms with E-state index in [4.69, 9.17) is 25.7 Å². The summed E-state index contributed by atoms with van der Waals surface area (Å²) in [5.74, 6) is -0.159. The van der Waals surface area contributed by atoms with Gasteiger partial charge in [0, 0.05) is 36.2 Å². The van der Waals surface area contributed by atoms with E-state index in [1.54, 1.807) is 24.4 Å². The Morgan fingerprint density at radius 3 is 2.81 bits per heavy atom. The topological polar surface area (TPSA) is 147 Å². The number of carbonyl (C=O) groups is 1. The standard InChI is InChI=1S/C21H26N6O4/c1-24-18(19(28)25-10-12-6-5-9-31-12)17(23)14-8-4-7-13(16(14)22)15-11-26-21(30-3)27-20(15)29-2/h4,7-8,11-12H,1,5-6,9-10,22-23H2,2-3H3,(H,25,28)/b18-17+. The van der Waals surface area contributed by atoms with Crippen molar-refractivity contribution in [2.75, 3.05) is 33.1 Å². The summed E-state index contributed by atoms with van der Waals surface area (Å²) in [7, 11) is 2.94. The summed E-state index contributed by atoms with van der Waals surface area (Å²) in [5.41, 5.74) is 14.7. The first-order valence-corrected chi connectivity index (χ1v) is 9.70. The Bertz CT molecular complexity index is 1000. The molecule has 164 valence electrons. The fourth-order valence-corrected chi connectivity index (χ4v) is 3.33. The molecule has 0 aliphatic carbocycles. The minimum atomic E-state index is -0.446. The first-order chi connectivity index (χ1) is 15.0. The van der Waals surface area contributed by atoms with Crippen LogP contribution in [-0.2, 0) is 9.53 Å². The molecule has 2 heterocycles. The SMILES string of the molecule is C=N/C(C(=O)NCC1CCCO1)=C(/N)c1cccc(-c2cnc(OC)nc2OC)c1N. The summed E-state index contributed by atoms with van der Waals surface area (Å²) < 4.78 is 15.9. The van der Waals surface area contributed by atoms with Gasteiger partial charge in [0.25, 0.3) is 5.91 Å². The Balaban J connectivity index is 1.95. The molecule has 0 bridgehead atoms. The molecule has 1 amide bonds. The van der Waals surface area contributed by atoms with Gasteiger partial charge in [-0.15, -0.1) is 0 Å². The van der Waals surface area contributed by atoms with E-state index in [1.165, 1.54) is 14.2 Å². The van der Waals surface area contributed by atoms with Crippen LogP contribution < -0.4 is 26.3 Å².